The van der Waals surface area contributed by atoms with Crippen LogP contribution in [0.15, 0.2) is 45.8 Å². The summed E-state index contributed by atoms with van der Waals surface area (Å²) >= 11 is 3.17. The predicted octanol–water partition coefficient (Wildman–Crippen LogP) is 3.16. The molecule has 0 aliphatic rings. The van der Waals surface area contributed by atoms with E-state index in [1.165, 1.54) is 30.3 Å². The van der Waals surface area contributed by atoms with Crippen LogP contribution >= 0.6 is 15.9 Å². The average molecular weight is 373 g/mol. The molecule has 3 N–H and O–H groups in total. The van der Waals surface area contributed by atoms with E-state index in [2.05, 4.69) is 20.7 Å². The third-order valence-electron chi connectivity index (χ3n) is 3.02. The first kappa shape index (κ1) is 15.9. The van der Waals surface area contributed by atoms with E-state index in [0.29, 0.717) is 4.47 Å². The molecule has 7 heteroatoms. The first-order valence-corrected chi connectivity index (χ1v) is 8.38. The molecule has 2 aromatic carbocycles. The van der Waals surface area contributed by atoms with Crippen molar-refractivity contribution in [2.45, 2.75) is 18.4 Å². The summed E-state index contributed by atoms with van der Waals surface area (Å²) in [4.78, 5) is 0.0490. The molecule has 0 radical (unpaired) electrons. The van der Waals surface area contributed by atoms with Crippen molar-refractivity contribution in [3.63, 3.8) is 0 Å². The second kappa shape index (κ2) is 6.13. The molecule has 112 valence electrons. The lowest BCUT2D eigenvalue weighted by Gasteiger charge is -2.11. The fourth-order valence-electron chi connectivity index (χ4n) is 1.81. The van der Waals surface area contributed by atoms with Crippen LogP contribution < -0.4 is 10.5 Å². The quantitative estimate of drug-likeness (QED) is 0.865. The molecule has 2 rings (SSSR count). The van der Waals surface area contributed by atoms with E-state index in [-0.39, 0.29) is 17.1 Å². The Morgan fingerprint density at radius 3 is 2.62 bits per heavy atom. The molecule has 0 bridgehead atoms. The molecule has 0 aliphatic carbocycles. The monoisotopic (exact) mass is 372 g/mol. The number of anilines is 1. The van der Waals surface area contributed by atoms with E-state index in [4.69, 9.17) is 5.73 Å². The molecule has 0 aliphatic heterocycles. The topological polar surface area (TPSA) is 72.2 Å². The summed E-state index contributed by atoms with van der Waals surface area (Å²) in [6.07, 6.45) is 0. The summed E-state index contributed by atoms with van der Waals surface area (Å²) in [5.41, 5.74) is 7.10. The zero-order valence-electron chi connectivity index (χ0n) is 11.2. The Morgan fingerprint density at radius 2 is 1.95 bits per heavy atom. The highest BCUT2D eigenvalue weighted by Crippen LogP contribution is 2.24. The number of hydrogen-bond acceptors (Lipinski definition) is 3. The van der Waals surface area contributed by atoms with E-state index < -0.39 is 15.8 Å². The van der Waals surface area contributed by atoms with Crippen LogP contribution in [-0.4, -0.2) is 8.42 Å². The second-order valence-corrected chi connectivity index (χ2v) is 7.12. The Kier molecular flexibility index (Phi) is 4.65. The molecule has 0 heterocycles. The Bertz CT molecular complexity index is 779. The third-order valence-corrected chi connectivity index (χ3v) is 4.88. The molecular weight excluding hydrogens is 359 g/mol. The smallest absolute Gasteiger partial charge is 0.261 e. The predicted molar refractivity (Wildman–Crippen MR) is 84.0 cm³/mol. The van der Waals surface area contributed by atoms with Crippen LogP contribution in [-0.2, 0) is 16.6 Å². The van der Waals surface area contributed by atoms with Crippen molar-refractivity contribution in [2.24, 2.45) is 5.73 Å². The van der Waals surface area contributed by atoms with E-state index >= 15 is 0 Å². The average Bonchev–Trinajstić information content (AvgIpc) is 2.43. The largest absolute Gasteiger partial charge is 0.326 e. The lowest BCUT2D eigenvalue weighted by molar-refractivity contribution is 0.598. The number of nitrogens with one attached hydrogen (secondary N) is 1. The fraction of sp³-hybridized carbons (Fsp3) is 0.143. The van der Waals surface area contributed by atoms with Gasteiger partial charge in [0.2, 0.25) is 0 Å². The van der Waals surface area contributed by atoms with Crippen molar-refractivity contribution >= 4 is 31.6 Å². The van der Waals surface area contributed by atoms with Crippen LogP contribution in [0.25, 0.3) is 0 Å². The molecule has 0 saturated carbocycles. The van der Waals surface area contributed by atoms with Gasteiger partial charge >= 0.3 is 0 Å². The number of aryl methyl sites for hydroxylation is 1. The highest BCUT2D eigenvalue weighted by Gasteiger charge is 2.17. The summed E-state index contributed by atoms with van der Waals surface area (Å²) in [6.45, 7) is 2.08. The van der Waals surface area contributed by atoms with Gasteiger partial charge in [-0.25, -0.2) is 12.8 Å². The summed E-state index contributed by atoms with van der Waals surface area (Å²) in [6, 6.07) is 8.67. The highest BCUT2D eigenvalue weighted by molar-refractivity contribution is 9.10. The van der Waals surface area contributed by atoms with Crippen LogP contribution in [0.5, 0.6) is 0 Å². The van der Waals surface area contributed by atoms with E-state index in [1.807, 2.05) is 6.92 Å². The molecule has 0 unspecified atom stereocenters. The fourth-order valence-corrected chi connectivity index (χ4v) is 3.28. The van der Waals surface area contributed by atoms with Crippen molar-refractivity contribution in [3.8, 4) is 0 Å². The standard InChI is InChI=1S/C14H14BrFN2O2S/c1-9-2-4-12(6-10(9)8-17)21(19,20)18-14-7-11(15)3-5-13(14)16/h2-7,18H,8,17H2,1H3. The van der Waals surface area contributed by atoms with Gasteiger partial charge in [0.05, 0.1) is 10.6 Å². The van der Waals surface area contributed by atoms with E-state index in [9.17, 15) is 12.8 Å². The Morgan fingerprint density at radius 1 is 1.24 bits per heavy atom. The summed E-state index contributed by atoms with van der Waals surface area (Å²) < 4.78 is 41.1. The minimum absolute atomic E-state index is 0.0490. The molecule has 0 fully saturated rings. The number of halogens is 2. The second-order valence-electron chi connectivity index (χ2n) is 4.52. The van der Waals surface area contributed by atoms with Crippen LogP contribution in [0.1, 0.15) is 11.1 Å². The van der Waals surface area contributed by atoms with Gasteiger partial charge in [-0.15, -0.1) is 0 Å². The van der Waals surface area contributed by atoms with Gasteiger partial charge in [-0.1, -0.05) is 22.0 Å². The first-order valence-electron chi connectivity index (χ1n) is 6.11. The lowest BCUT2D eigenvalue weighted by Crippen LogP contribution is -2.15. The van der Waals surface area contributed by atoms with Crippen LogP contribution in [0, 0.1) is 12.7 Å². The summed E-state index contributed by atoms with van der Waals surface area (Å²) in [5, 5.41) is 0. The Labute approximate surface area is 131 Å². The molecule has 0 atom stereocenters. The highest BCUT2D eigenvalue weighted by atomic mass is 79.9. The summed E-state index contributed by atoms with van der Waals surface area (Å²) in [7, 11) is -3.87. The third kappa shape index (κ3) is 3.61. The normalized spacial score (nSPS) is 11.4. The minimum Gasteiger partial charge on any atom is -0.326 e. The van der Waals surface area contributed by atoms with Gasteiger partial charge in [-0.3, -0.25) is 4.72 Å². The van der Waals surface area contributed by atoms with Crippen molar-refractivity contribution in [1.82, 2.24) is 0 Å². The zero-order valence-corrected chi connectivity index (χ0v) is 13.6. The SMILES string of the molecule is Cc1ccc(S(=O)(=O)Nc2cc(Br)ccc2F)cc1CN. The molecular formula is C14H14BrFN2O2S. The van der Waals surface area contributed by atoms with Crippen LogP contribution in [0.3, 0.4) is 0 Å². The first-order chi connectivity index (χ1) is 9.83. The van der Waals surface area contributed by atoms with Crippen molar-refractivity contribution in [2.75, 3.05) is 4.72 Å². The molecule has 0 aromatic heterocycles. The number of rotatable bonds is 4. The number of sulfonamides is 1. The van der Waals surface area contributed by atoms with E-state index in [0.717, 1.165) is 11.1 Å². The van der Waals surface area contributed by atoms with Crippen molar-refractivity contribution in [3.05, 3.63) is 57.8 Å². The maximum absolute atomic E-state index is 13.7. The molecule has 0 amide bonds. The Hall–Kier alpha value is -1.44. The summed E-state index contributed by atoms with van der Waals surface area (Å²) in [5.74, 6) is -0.645. The molecule has 0 spiro atoms. The van der Waals surface area contributed by atoms with E-state index in [1.54, 1.807) is 6.07 Å². The molecule has 4 nitrogen and oxygen atoms in total. The zero-order chi connectivity index (χ0) is 15.6. The molecule has 21 heavy (non-hydrogen) atoms. The van der Waals surface area contributed by atoms with Crippen LogP contribution in [0.2, 0.25) is 0 Å². The van der Waals surface area contributed by atoms with Crippen LogP contribution in [0.4, 0.5) is 10.1 Å². The van der Waals surface area contributed by atoms with Gasteiger partial charge in [0, 0.05) is 11.0 Å². The van der Waals surface area contributed by atoms with Crippen molar-refractivity contribution < 1.29 is 12.8 Å². The van der Waals surface area contributed by atoms with Gasteiger partial charge in [-0.05, 0) is 48.4 Å². The van der Waals surface area contributed by atoms with Gasteiger partial charge in [-0.2, -0.15) is 0 Å². The minimum atomic E-state index is -3.87. The van der Waals surface area contributed by atoms with Gasteiger partial charge in [0.15, 0.2) is 0 Å². The Balaban J connectivity index is 2.41. The maximum atomic E-state index is 13.7. The van der Waals surface area contributed by atoms with Gasteiger partial charge < -0.3 is 5.73 Å². The number of hydrogen-bond donors (Lipinski definition) is 2. The number of nitrogens with two attached hydrogens (primary N) is 1. The number of benzene rings is 2. The molecule has 0 saturated heterocycles. The van der Waals surface area contributed by atoms with Gasteiger partial charge in [0.1, 0.15) is 5.82 Å². The lowest BCUT2D eigenvalue weighted by atomic mass is 10.1. The van der Waals surface area contributed by atoms with Crippen molar-refractivity contribution in [1.29, 1.82) is 0 Å². The maximum Gasteiger partial charge on any atom is 0.261 e. The van der Waals surface area contributed by atoms with Gasteiger partial charge in [0.25, 0.3) is 10.0 Å². The molecule has 2 aromatic rings.